The van der Waals surface area contributed by atoms with Crippen LogP contribution in [0.3, 0.4) is 0 Å². The van der Waals surface area contributed by atoms with Gasteiger partial charge >= 0.3 is 0 Å². The van der Waals surface area contributed by atoms with Crippen LogP contribution >= 0.6 is 0 Å². The van der Waals surface area contributed by atoms with Crippen molar-refractivity contribution in [2.45, 2.75) is 56.7 Å². The van der Waals surface area contributed by atoms with Crippen LogP contribution in [0.15, 0.2) is 18.2 Å². The van der Waals surface area contributed by atoms with Gasteiger partial charge in [-0.05, 0) is 56.8 Å². The Kier molecular flexibility index (Phi) is 3.32. The summed E-state index contributed by atoms with van der Waals surface area (Å²) in [5.41, 5.74) is 1.82. The normalized spacial score (nSPS) is 33.7. The van der Waals surface area contributed by atoms with E-state index in [1.807, 2.05) is 25.1 Å². The first-order valence-electron chi connectivity index (χ1n) is 7.49. The topological polar surface area (TPSA) is 47.3 Å². The monoisotopic (exact) mass is 270 g/mol. The number of nitrogens with zero attached hydrogens (tertiary/aromatic N) is 2. The van der Waals surface area contributed by atoms with Gasteiger partial charge in [0.15, 0.2) is 0 Å². The summed E-state index contributed by atoms with van der Waals surface area (Å²) in [6.07, 6.45) is 5.19. The number of hydrogen-bond acceptors (Lipinski definition) is 3. The second-order valence-corrected chi connectivity index (χ2v) is 6.49. The van der Waals surface area contributed by atoms with Gasteiger partial charge in [-0.2, -0.15) is 5.26 Å². The molecule has 106 valence electrons. The molecule has 0 saturated carbocycles. The molecule has 0 aromatic heterocycles. The number of aryl methyl sites for hydroxylation is 1. The van der Waals surface area contributed by atoms with Gasteiger partial charge in [0.05, 0.1) is 17.2 Å². The van der Waals surface area contributed by atoms with Crippen molar-refractivity contribution in [1.82, 2.24) is 4.90 Å². The highest BCUT2D eigenvalue weighted by Gasteiger charge is 2.44. The summed E-state index contributed by atoms with van der Waals surface area (Å²) in [6, 6.07) is 9.01. The van der Waals surface area contributed by atoms with E-state index < -0.39 is 5.60 Å². The maximum Gasteiger partial charge on any atom is 0.0994 e. The molecular weight excluding hydrogens is 248 g/mol. The van der Waals surface area contributed by atoms with E-state index >= 15 is 0 Å². The van der Waals surface area contributed by atoms with Crippen LogP contribution in [0.1, 0.15) is 48.8 Å². The van der Waals surface area contributed by atoms with E-state index in [0.29, 0.717) is 17.6 Å². The second kappa shape index (κ2) is 4.87. The molecule has 2 aliphatic heterocycles. The summed E-state index contributed by atoms with van der Waals surface area (Å²) in [7, 11) is 2.18. The molecule has 2 saturated heterocycles. The molecular formula is C17H22N2O. The van der Waals surface area contributed by atoms with E-state index in [1.165, 1.54) is 19.3 Å². The molecule has 20 heavy (non-hydrogen) atoms. The number of benzene rings is 1. The molecule has 3 nitrogen and oxygen atoms in total. The van der Waals surface area contributed by atoms with Crippen LogP contribution in [0.4, 0.5) is 0 Å². The van der Waals surface area contributed by atoms with Crippen LogP contribution in [0.25, 0.3) is 0 Å². The lowest BCUT2D eigenvalue weighted by Crippen LogP contribution is -2.55. The Hall–Kier alpha value is -1.37. The first-order chi connectivity index (χ1) is 9.53. The van der Waals surface area contributed by atoms with Gasteiger partial charge < -0.3 is 10.0 Å². The Morgan fingerprint density at radius 2 is 1.95 bits per heavy atom. The Morgan fingerprint density at radius 1 is 1.30 bits per heavy atom. The molecule has 0 radical (unpaired) electrons. The molecule has 0 aliphatic carbocycles. The standard InChI is InChI=1S/C17H22N2O/c1-12-6-7-14(8-13(12)11-18)17(20)9-15-4-3-5-16(10-17)19(15)2/h6-8,15-16,20H,3-5,9-10H2,1-2H3. The first-order valence-corrected chi connectivity index (χ1v) is 7.49. The fourth-order valence-corrected chi connectivity index (χ4v) is 3.92. The summed E-state index contributed by atoms with van der Waals surface area (Å²) in [5, 5.41) is 20.3. The third-order valence-corrected chi connectivity index (χ3v) is 5.27. The molecule has 1 aromatic rings. The Balaban J connectivity index is 1.95. The molecule has 0 spiro atoms. The van der Waals surface area contributed by atoms with Gasteiger partial charge in [0, 0.05) is 12.1 Å². The van der Waals surface area contributed by atoms with Crippen molar-refractivity contribution in [1.29, 1.82) is 5.26 Å². The molecule has 2 fully saturated rings. The summed E-state index contributed by atoms with van der Waals surface area (Å²) in [5.74, 6) is 0. The van der Waals surface area contributed by atoms with Crippen LogP contribution in [-0.2, 0) is 5.60 Å². The number of piperidine rings is 2. The Labute approximate surface area is 120 Å². The van der Waals surface area contributed by atoms with Gasteiger partial charge in [-0.1, -0.05) is 18.6 Å². The van der Waals surface area contributed by atoms with Crippen molar-refractivity contribution < 1.29 is 5.11 Å². The van der Waals surface area contributed by atoms with Crippen LogP contribution < -0.4 is 0 Å². The van der Waals surface area contributed by atoms with E-state index in [0.717, 1.165) is 24.0 Å². The lowest BCUT2D eigenvalue weighted by Gasteiger charge is -2.50. The minimum absolute atomic E-state index is 0.472. The van der Waals surface area contributed by atoms with Gasteiger partial charge in [-0.3, -0.25) is 0 Å². The molecule has 1 aromatic carbocycles. The highest BCUT2D eigenvalue weighted by molar-refractivity contribution is 5.42. The SMILES string of the molecule is Cc1ccc(C2(O)CC3CCCC(C2)N3C)cc1C#N. The molecule has 2 bridgehead atoms. The zero-order valence-electron chi connectivity index (χ0n) is 12.3. The smallest absolute Gasteiger partial charge is 0.0994 e. The fraction of sp³-hybridized carbons (Fsp3) is 0.588. The number of nitriles is 1. The molecule has 2 aliphatic rings. The average molecular weight is 270 g/mol. The lowest BCUT2D eigenvalue weighted by molar-refractivity contribution is -0.0874. The van der Waals surface area contributed by atoms with Gasteiger partial charge in [0.25, 0.3) is 0 Å². The number of hydrogen-bond donors (Lipinski definition) is 1. The summed E-state index contributed by atoms with van der Waals surface area (Å²) >= 11 is 0. The highest BCUT2D eigenvalue weighted by Crippen LogP contribution is 2.43. The Bertz CT molecular complexity index is 547. The average Bonchev–Trinajstić information content (AvgIpc) is 2.41. The molecule has 1 N–H and O–H groups in total. The van der Waals surface area contributed by atoms with Gasteiger partial charge in [-0.25, -0.2) is 0 Å². The minimum atomic E-state index is -0.762. The summed E-state index contributed by atoms with van der Waals surface area (Å²) in [4.78, 5) is 2.44. The minimum Gasteiger partial charge on any atom is -0.385 e. The molecule has 0 amide bonds. The van der Waals surface area contributed by atoms with Crippen molar-refractivity contribution in [3.8, 4) is 6.07 Å². The highest BCUT2D eigenvalue weighted by atomic mass is 16.3. The van der Waals surface area contributed by atoms with Crippen LogP contribution in [0.2, 0.25) is 0 Å². The van der Waals surface area contributed by atoms with Gasteiger partial charge in [-0.15, -0.1) is 0 Å². The quantitative estimate of drug-likeness (QED) is 0.853. The van der Waals surface area contributed by atoms with Crippen molar-refractivity contribution in [2.75, 3.05) is 7.05 Å². The number of fused-ring (bicyclic) bond motifs is 2. The zero-order chi connectivity index (χ0) is 14.3. The van der Waals surface area contributed by atoms with Crippen LogP contribution in [-0.4, -0.2) is 29.1 Å². The van der Waals surface area contributed by atoms with Gasteiger partial charge in [0.1, 0.15) is 0 Å². The van der Waals surface area contributed by atoms with Crippen molar-refractivity contribution >= 4 is 0 Å². The van der Waals surface area contributed by atoms with E-state index in [1.54, 1.807) is 0 Å². The summed E-state index contributed by atoms with van der Waals surface area (Å²) < 4.78 is 0. The van der Waals surface area contributed by atoms with E-state index in [9.17, 15) is 10.4 Å². The van der Waals surface area contributed by atoms with Crippen molar-refractivity contribution in [3.63, 3.8) is 0 Å². The third kappa shape index (κ3) is 2.13. The molecule has 2 atom stereocenters. The predicted octanol–water partition coefficient (Wildman–Crippen LogP) is 2.70. The van der Waals surface area contributed by atoms with E-state index in [4.69, 9.17) is 0 Å². The maximum absolute atomic E-state index is 11.1. The number of rotatable bonds is 1. The second-order valence-electron chi connectivity index (χ2n) is 6.49. The fourth-order valence-electron chi connectivity index (χ4n) is 3.92. The predicted molar refractivity (Wildman–Crippen MR) is 78.2 cm³/mol. The largest absolute Gasteiger partial charge is 0.385 e. The zero-order valence-corrected chi connectivity index (χ0v) is 12.3. The maximum atomic E-state index is 11.1. The van der Waals surface area contributed by atoms with Gasteiger partial charge in [0.2, 0.25) is 0 Å². The molecule has 3 rings (SSSR count). The van der Waals surface area contributed by atoms with Crippen molar-refractivity contribution in [3.05, 3.63) is 34.9 Å². The van der Waals surface area contributed by atoms with E-state index in [-0.39, 0.29) is 0 Å². The lowest BCUT2D eigenvalue weighted by atomic mass is 9.72. The summed E-state index contributed by atoms with van der Waals surface area (Å²) in [6.45, 7) is 1.94. The van der Waals surface area contributed by atoms with Crippen LogP contribution in [0, 0.1) is 18.3 Å². The molecule has 2 heterocycles. The Morgan fingerprint density at radius 3 is 2.55 bits per heavy atom. The van der Waals surface area contributed by atoms with Crippen LogP contribution in [0.5, 0.6) is 0 Å². The number of aliphatic hydroxyl groups is 1. The van der Waals surface area contributed by atoms with Crippen molar-refractivity contribution in [2.24, 2.45) is 0 Å². The third-order valence-electron chi connectivity index (χ3n) is 5.27. The molecule has 3 heteroatoms. The molecule has 2 unspecified atom stereocenters. The first kappa shape index (κ1) is 13.6. The van der Waals surface area contributed by atoms with E-state index in [2.05, 4.69) is 18.0 Å².